The molecule has 1 aromatic carbocycles. The third-order valence-corrected chi connectivity index (χ3v) is 3.94. The predicted molar refractivity (Wildman–Crippen MR) is 77.6 cm³/mol. The van der Waals surface area contributed by atoms with Crippen LogP contribution in [0.5, 0.6) is 11.5 Å². The maximum atomic E-state index is 12.0. The van der Waals surface area contributed by atoms with Gasteiger partial charge in [0.25, 0.3) is 0 Å². The Hall–Kier alpha value is -2.43. The molecule has 5 nitrogen and oxygen atoms in total. The van der Waals surface area contributed by atoms with Crippen molar-refractivity contribution in [3.63, 3.8) is 0 Å². The molecule has 0 bridgehead atoms. The Morgan fingerprint density at radius 1 is 1.29 bits per heavy atom. The second-order valence-corrected chi connectivity index (χ2v) is 5.15. The monoisotopic (exact) mass is 287 g/mol. The first-order chi connectivity index (χ1) is 10.0. The molecule has 1 aromatic heterocycles. The Balaban J connectivity index is 2.15. The van der Waals surface area contributed by atoms with Gasteiger partial charge in [-0.25, -0.2) is 4.79 Å². The van der Waals surface area contributed by atoms with Crippen LogP contribution in [0.4, 0.5) is 0 Å². The Labute approximate surface area is 122 Å². The Bertz CT molecular complexity index is 730. The number of benzene rings is 1. The van der Waals surface area contributed by atoms with Crippen molar-refractivity contribution < 1.29 is 19.7 Å². The zero-order valence-corrected chi connectivity index (χ0v) is 12.0. The molecule has 21 heavy (non-hydrogen) atoms. The van der Waals surface area contributed by atoms with Crippen LogP contribution < -0.4 is 0 Å². The number of carbonyl (C=O) groups excluding carboxylic acids is 1. The minimum atomic E-state index is -0.332. The van der Waals surface area contributed by atoms with Crippen molar-refractivity contribution in [2.75, 3.05) is 6.61 Å². The molecule has 1 aliphatic heterocycles. The van der Waals surface area contributed by atoms with Gasteiger partial charge in [0.1, 0.15) is 0 Å². The summed E-state index contributed by atoms with van der Waals surface area (Å²) in [5, 5.41) is 19.3. The number of aromatic hydroxyl groups is 2. The highest BCUT2D eigenvalue weighted by Crippen LogP contribution is 2.39. The Morgan fingerprint density at radius 3 is 2.71 bits per heavy atom. The first-order valence-corrected chi connectivity index (χ1v) is 6.95. The third-order valence-electron chi connectivity index (χ3n) is 3.94. The molecule has 0 fully saturated rings. The maximum Gasteiger partial charge on any atom is 0.339 e. The average molecular weight is 287 g/mol. The van der Waals surface area contributed by atoms with Gasteiger partial charge in [-0.15, -0.1) is 0 Å². The van der Waals surface area contributed by atoms with E-state index in [9.17, 15) is 15.0 Å². The maximum absolute atomic E-state index is 12.0. The predicted octanol–water partition coefficient (Wildman–Crippen LogP) is 2.61. The molecule has 1 aliphatic rings. The van der Waals surface area contributed by atoms with E-state index in [4.69, 9.17) is 4.74 Å². The number of carbonyl (C=O) groups is 1. The van der Waals surface area contributed by atoms with Gasteiger partial charge < -0.3 is 19.5 Å². The van der Waals surface area contributed by atoms with Crippen molar-refractivity contribution in [2.45, 2.75) is 26.8 Å². The van der Waals surface area contributed by atoms with Crippen molar-refractivity contribution in [1.82, 2.24) is 4.57 Å². The lowest BCUT2D eigenvalue weighted by Gasteiger charge is -2.21. The molecule has 2 heterocycles. The van der Waals surface area contributed by atoms with Crippen molar-refractivity contribution >= 4 is 5.97 Å². The van der Waals surface area contributed by atoms with E-state index in [-0.39, 0.29) is 17.5 Å². The number of phenols is 2. The molecule has 0 aliphatic carbocycles. The van der Waals surface area contributed by atoms with E-state index in [1.807, 2.05) is 11.5 Å². The molecular weight excluding hydrogens is 270 g/mol. The minimum absolute atomic E-state index is 0.115. The van der Waals surface area contributed by atoms with E-state index in [1.165, 1.54) is 0 Å². The van der Waals surface area contributed by atoms with Crippen LogP contribution in [0.15, 0.2) is 18.2 Å². The summed E-state index contributed by atoms with van der Waals surface area (Å²) in [6, 6.07) is 4.92. The molecule has 0 radical (unpaired) electrons. The second-order valence-electron chi connectivity index (χ2n) is 5.15. The van der Waals surface area contributed by atoms with Gasteiger partial charge >= 0.3 is 5.97 Å². The van der Waals surface area contributed by atoms with Gasteiger partial charge in [0.2, 0.25) is 0 Å². The molecule has 0 spiro atoms. The number of hydrogen-bond donors (Lipinski definition) is 2. The first-order valence-electron chi connectivity index (χ1n) is 6.95. The number of phenolic OH excluding ortho intramolecular Hbond substituents is 2. The summed E-state index contributed by atoms with van der Waals surface area (Å²) in [4.78, 5) is 12.0. The number of ether oxygens (including phenoxy) is 1. The lowest BCUT2D eigenvalue weighted by atomic mass is 9.97. The van der Waals surface area contributed by atoms with Crippen LogP contribution in [-0.4, -0.2) is 27.4 Å². The van der Waals surface area contributed by atoms with E-state index in [2.05, 4.69) is 0 Å². The number of rotatable bonds is 2. The van der Waals surface area contributed by atoms with Crippen LogP contribution in [-0.2, 0) is 17.7 Å². The van der Waals surface area contributed by atoms with E-state index < -0.39 is 0 Å². The SMILES string of the molecule is CCOC(=O)c1cc2n(c1C)CCc1cc(O)c(O)cc1-2. The standard InChI is InChI=1S/C16H17NO4/c1-3-21-16(20)11-7-13-12-8-15(19)14(18)6-10(12)4-5-17(13)9(11)2/h6-8,18-19H,3-5H2,1-2H3. The van der Waals surface area contributed by atoms with Gasteiger partial charge in [-0.3, -0.25) is 0 Å². The van der Waals surface area contributed by atoms with E-state index >= 15 is 0 Å². The van der Waals surface area contributed by atoms with Gasteiger partial charge in [0.05, 0.1) is 12.2 Å². The molecule has 110 valence electrons. The van der Waals surface area contributed by atoms with Crippen LogP contribution in [0.25, 0.3) is 11.3 Å². The zero-order chi connectivity index (χ0) is 15.1. The van der Waals surface area contributed by atoms with Crippen LogP contribution in [0.2, 0.25) is 0 Å². The second kappa shape index (κ2) is 4.84. The van der Waals surface area contributed by atoms with Crippen LogP contribution in [0.3, 0.4) is 0 Å². The fourth-order valence-electron chi connectivity index (χ4n) is 2.87. The normalized spacial score (nSPS) is 12.7. The molecule has 0 atom stereocenters. The summed E-state index contributed by atoms with van der Waals surface area (Å²) in [7, 11) is 0. The highest BCUT2D eigenvalue weighted by atomic mass is 16.5. The molecule has 2 N–H and O–H groups in total. The molecule has 0 amide bonds. The zero-order valence-electron chi connectivity index (χ0n) is 12.0. The topological polar surface area (TPSA) is 71.7 Å². The van der Waals surface area contributed by atoms with E-state index in [0.29, 0.717) is 12.2 Å². The number of fused-ring (bicyclic) bond motifs is 3. The van der Waals surface area contributed by atoms with Gasteiger partial charge in [-0.05, 0) is 44.0 Å². The smallest absolute Gasteiger partial charge is 0.339 e. The fraction of sp³-hybridized carbons (Fsp3) is 0.312. The third kappa shape index (κ3) is 2.05. The van der Waals surface area contributed by atoms with Crippen molar-refractivity contribution in [1.29, 1.82) is 0 Å². The van der Waals surface area contributed by atoms with Crippen LogP contribution in [0.1, 0.15) is 28.5 Å². The molecule has 3 rings (SSSR count). The highest BCUT2D eigenvalue weighted by Gasteiger charge is 2.24. The summed E-state index contributed by atoms with van der Waals surface area (Å²) in [5.41, 5.74) is 4.09. The number of aryl methyl sites for hydroxylation is 1. The minimum Gasteiger partial charge on any atom is -0.504 e. The van der Waals surface area contributed by atoms with Crippen molar-refractivity contribution in [3.8, 4) is 22.8 Å². The lowest BCUT2D eigenvalue weighted by Crippen LogP contribution is -2.12. The van der Waals surface area contributed by atoms with Crippen molar-refractivity contribution in [3.05, 3.63) is 35.0 Å². The lowest BCUT2D eigenvalue weighted by molar-refractivity contribution is 0.0525. The number of esters is 1. The molecular formula is C16H17NO4. The number of hydrogen-bond acceptors (Lipinski definition) is 4. The van der Waals surface area contributed by atoms with Crippen molar-refractivity contribution in [2.24, 2.45) is 0 Å². The molecule has 5 heteroatoms. The molecule has 0 saturated heterocycles. The van der Waals surface area contributed by atoms with E-state index in [1.54, 1.807) is 25.1 Å². The summed E-state index contributed by atoms with van der Waals surface area (Å²) < 4.78 is 7.12. The van der Waals surface area contributed by atoms with Gasteiger partial charge in [0, 0.05) is 23.5 Å². The van der Waals surface area contributed by atoms with Gasteiger partial charge in [-0.2, -0.15) is 0 Å². The van der Waals surface area contributed by atoms with Crippen LogP contribution in [0, 0.1) is 6.92 Å². The number of aromatic nitrogens is 1. The van der Waals surface area contributed by atoms with E-state index in [0.717, 1.165) is 35.5 Å². The average Bonchev–Trinajstić information content (AvgIpc) is 2.78. The largest absolute Gasteiger partial charge is 0.504 e. The fourth-order valence-corrected chi connectivity index (χ4v) is 2.87. The molecule has 0 unspecified atom stereocenters. The van der Waals surface area contributed by atoms with Crippen LogP contribution >= 0.6 is 0 Å². The quantitative estimate of drug-likeness (QED) is 0.658. The van der Waals surface area contributed by atoms with Gasteiger partial charge in [-0.1, -0.05) is 0 Å². The Morgan fingerprint density at radius 2 is 2.00 bits per heavy atom. The molecule has 2 aromatic rings. The molecule has 0 saturated carbocycles. The summed E-state index contributed by atoms with van der Waals surface area (Å²) >= 11 is 0. The number of nitrogens with zero attached hydrogens (tertiary/aromatic N) is 1. The summed E-state index contributed by atoms with van der Waals surface area (Å²) in [6.45, 7) is 4.74. The first kappa shape index (κ1) is 13.5. The summed E-state index contributed by atoms with van der Waals surface area (Å²) in [6.07, 6.45) is 0.744. The Kier molecular flexibility index (Phi) is 3.12. The summed E-state index contributed by atoms with van der Waals surface area (Å²) in [5.74, 6) is -0.601. The highest BCUT2D eigenvalue weighted by molar-refractivity contribution is 5.93. The van der Waals surface area contributed by atoms with Gasteiger partial charge in [0.15, 0.2) is 11.5 Å².